The highest BCUT2D eigenvalue weighted by atomic mass is 32.2. The molecule has 104 valence electrons. The molecule has 2 aromatic heterocycles. The number of likely N-dealkylation sites (N-methyl/N-ethyl adjacent to an activating group) is 1. The van der Waals surface area contributed by atoms with E-state index >= 15 is 0 Å². The summed E-state index contributed by atoms with van der Waals surface area (Å²) in [6.07, 6.45) is 6.06. The fourth-order valence-electron chi connectivity index (χ4n) is 1.47. The maximum absolute atomic E-state index is 12.0. The highest BCUT2D eigenvalue weighted by molar-refractivity contribution is 7.89. The van der Waals surface area contributed by atoms with Crippen LogP contribution in [0.3, 0.4) is 0 Å². The summed E-state index contributed by atoms with van der Waals surface area (Å²) in [7, 11) is -1.71. The van der Waals surface area contributed by atoms with Gasteiger partial charge in [-0.3, -0.25) is 9.78 Å². The topological polar surface area (TPSA) is 105 Å². The normalized spacial score (nSPS) is 11.8. The Bertz CT molecular complexity index is 604. The molecule has 0 unspecified atom stereocenters. The molecular formula is C10H16N6O2S. The lowest BCUT2D eigenvalue weighted by molar-refractivity contribution is 0.576. The minimum atomic E-state index is -3.54. The van der Waals surface area contributed by atoms with Gasteiger partial charge in [-0.2, -0.15) is 10.2 Å². The number of H-pyrrole nitrogens is 1. The van der Waals surface area contributed by atoms with E-state index in [1.165, 1.54) is 12.4 Å². The third-order valence-corrected chi connectivity index (χ3v) is 3.89. The van der Waals surface area contributed by atoms with E-state index in [4.69, 9.17) is 0 Å². The van der Waals surface area contributed by atoms with Gasteiger partial charge in [0.25, 0.3) is 0 Å². The standard InChI is InChI=1S/C10H16N6O2S/c1-11-2-3-16-8-10(7-14-16)19(17,18)15-6-9-4-12-13-5-9/h4-5,7-8,11,15H,2-3,6H2,1H3,(H,12,13). The molecule has 0 aliphatic heterocycles. The quantitative estimate of drug-likeness (QED) is 0.624. The van der Waals surface area contributed by atoms with Crippen LogP contribution in [0.4, 0.5) is 0 Å². The first-order valence-corrected chi connectivity index (χ1v) is 7.24. The zero-order valence-electron chi connectivity index (χ0n) is 10.5. The van der Waals surface area contributed by atoms with Crippen molar-refractivity contribution in [3.8, 4) is 0 Å². The molecule has 0 fully saturated rings. The van der Waals surface area contributed by atoms with Gasteiger partial charge in [-0.05, 0) is 7.05 Å². The summed E-state index contributed by atoms with van der Waals surface area (Å²) in [5, 5.41) is 13.4. The number of sulfonamides is 1. The lowest BCUT2D eigenvalue weighted by Gasteiger charge is -2.02. The Morgan fingerprint density at radius 3 is 2.95 bits per heavy atom. The summed E-state index contributed by atoms with van der Waals surface area (Å²) in [6, 6.07) is 0. The third kappa shape index (κ3) is 3.63. The van der Waals surface area contributed by atoms with Crippen LogP contribution in [0.5, 0.6) is 0 Å². The lowest BCUT2D eigenvalue weighted by Crippen LogP contribution is -2.22. The predicted molar refractivity (Wildman–Crippen MR) is 68.8 cm³/mol. The van der Waals surface area contributed by atoms with Crippen molar-refractivity contribution in [2.45, 2.75) is 18.0 Å². The first-order chi connectivity index (χ1) is 9.12. The molecule has 0 saturated heterocycles. The second kappa shape index (κ2) is 5.95. The summed E-state index contributed by atoms with van der Waals surface area (Å²) in [6.45, 7) is 1.54. The van der Waals surface area contributed by atoms with Crippen LogP contribution in [0.25, 0.3) is 0 Å². The highest BCUT2D eigenvalue weighted by Gasteiger charge is 2.16. The van der Waals surface area contributed by atoms with Crippen LogP contribution in [-0.2, 0) is 23.1 Å². The fourth-order valence-corrected chi connectivity index (χ4v) is 2.44. The Morgan fingerprint density at radius 1 is 1.42 bits per heavy atom. The average Bonchev–Trinajstić information content (AvgIpc) is 3.05. The molecular weight excluding hydrogens is 268 g/mol. The highest BCUT2D eigenvalue weighted by Crippen LogP contribution is 2.07. The number of aromatic amines is 1. The Kier molecular flexibility index (Phi) is 4.30. The lowest BCUT2D eigenvalue weighted by atomic mass is 10.4. The summed E-state index contributed by atoms with van der Waals surface area (Å²) >= 11 is 0. The molecule has 2 aromatic rings. The molecule has 19 heavy (non-hydrogen) atoms. The number of hydrogen-bond acceptors (Lipinski definition) is 5. The monoisotopic (exact) mass is 284 g/mol. The Balaban J connectivity index is 2.00. The van der Waals surface area contributed by atoms with Crippen LogP contribution in [-0.4, -0.2) is 42.0 Å². The Labute approximate surface area is 111 Å². The minimum Gasteiger partial charge on any atom is -0.318 e. The molecule has 3 N–H and O–H groups in total. The molecule has 9 heteroatoms. The summed E-state index contributed by atoms with van der Waals surface area (Å²) in [4.78, 5) is 0.159. The van der Waals surface area contributed by atoms with Crippen LogP contribution in [0.15, 0.2) is 29.7 Å². The smallest absolute Gasteiger partial charge is 0.243 e. The van der Waals surface area contributed by atoms with Crippen molar-refractivity contribution in [2.75, 3.05) is 13.6 Å². The van der Waals surface area contributed by atoms with Crippen molar-refractivity contribution in [3.63, 3.8) is 0 Å². The molecule has 0 saturated carbocycles. The van der Waals surface area contributed by atoms with E-state index in [2.05, 4.69) is 25.3 Å². The fraction of sp³-hybridized carbons (Fsp3) is 0.400. The van der Waals surface area contributed by atoms with Gasteiger partial charge in [-0.1, -0.05) is 0 Å². The van der Waals surface area contributed by atoms with Gasteiger partial charge in [0.1, 0.15) is 4.90 Å². The van der Waals surface area contributed by atoms with Gasteiger partial charge in [0.15, 0.2) is 0 Å². The van der Waals surface area contributed by atoms with Gasteiger partial charge in [0.2, 0.25) is 10.0 Å². The molecule has 0 bridgehead atoms. The molecule has 0 radical (unpaired) electrons. The van der Waals surface area contributed by atoms with Crippen molar-refractivity contribution in [1.29, 1.82) is 0 Å². The van der Waals surface area contributed by atoms with Crippen molar-refractivity contribution in [1.82, 2.24) is 30.0 Å². The molecule has 0 amide bonds. The number of aromatic nitrogens is 4. The van der Waals surface area contributed by atoms with Gasteiger partial charge in [0, 0.05) is 31.0 Å². The zero-order valence-corrected chi connectivity index (χ0v) is 11.3. The summed E-state index contributed by atoms with van der Waals surface area (Å²) in [5.74, 6) is 0. The van der Waals surface area contributed by atoms with E-state index in [1.54, 1.807) is 17.1 Å². The van der Waals surface area contributed by atoms with Gasteiger partial charge >= 0.3 is 0 Å². The van der Waals surface area contributed by atoms with E-state index in [-0.39, 0.29) is 11.4 Å². The minimum absolute atomic E-state index is 0.159. The first kappa shape index (κ1) is 13.7. The van der Waals surface area contributed by atoms with Crippen LogP contribution in [0, 0.1) is 0 Å². The average molecular weight is 284 g/mol. The van der Waals surface area contributed by atoms with Crippen molar-refractivity contribution >= 4 is 10.0 Å². The first-order valence-electron chi connectivity index (χ1n) is 5.76. The summed E-state index contributed by atoms with van der Waals surface area (Å²) < 4.78 is 28.1. The number of hydrogen-bond donors (Lipinski definition) is 3. The Hall–Kier alpha value is -1.71. The van der Waals surface area contributed by atoms with Crippen molar-refractivity contribution in [3.05, 3.63) is 30.4 Å². The maximum atomic E-state index is 12.0. The molecule has 0 aliphatic rings. The SMILES string of the molecule is CNCCn1cc(S(=O)(=O)NCc2cn[nH]c2)cn1. The van der Waals surface area contributed by atoms with E-state index < -0.39 is 10.0 Å². The number of nitrogens with one attached hydrogen (secondary N) is 3. The second-order valence-corrected chi connectivity index (χ2v) is 5.74. The van der Waals surface area contributed by atoms with Crippen LogP contribution in [0.2, 0.25) is 0 Å². The molecule has 0 aromatic carbocycles. The number of nitrogens with zero attached hydrogens (tertiary/aromatic N) is 3. The molecule has 2 heterocycles. The molecule has 8 nitrogen and oxygen atoms in total. The number of rotatable bonds is 7. The van der Waals surface area contributed by atoms with Crippen LogP contribution < -0.4 is 10.0 Å². The van der Waals surface area contributed by atoms with Crippen molar-refractivity contribution in [2.24, 2.45) is 0 Å². The molecule has 0 aliphatic carbocycles. The van der Waals surface area contributed by atoms with Gasteiger partial charge in [-0.15, -0.1) is 0 Å². The van der Waals surface area contributed by atoms with Gasteiger partial charge in [-0.25, -0.2) is 13.1 Å². The third-order valence-electron chi connectivity index (χ3n) is 2.53. The van der Waals surface area contributed by atoms with E-state index in [0.29, 0.717) is 6.54 Å². The summed E-state index contributed by atoms with van der Waals surface area (Å²) in [5.41, 5.74) is 0.770. The van der Waals surface area contributed by atoms with Gasteiger partial charge < -0.3 is 5.32 Å². The molecule has 0 atom stereocenters. The largest absolute Gasteiger partial charge is 0.318 e. The predicted octanol–water partition coefficient (Wildman–Crippen LogP) is -0.696. The Morgan fingerprint density at radius 2 is 2.26 bits per heavy atom. The van der Waals surface area contributed by atoms with E-state index in [9.17, 15) is 8.42 Å². The van der Waals surface area contributed by atoms with Crippen molar-refractivity contribution < 1.29 is 8.42 Å². The molecule has 2 rings (SSSR count). The molecule has 0 spiro atoms. The van der Waals surface area contributed by atoms with Crippen LogP contribution in [0.1, 0.15) is 5.56 Å². The van der Waals surface area contributed by atoms with E-state index in [1.807, 2.05) is 7.05 Å². The van der Waals surface area contributed by atoms with Gasteiger partial charge in [0.05, 0.1) is 18.9 Å². The van der Waals surface area contributed by atoms with Crippen LogP contribution >= 0.6 is 0 Å². The zero-order chi connectivity index (χ0) is 13.7. The second-order valence-electron chi connectivity index (χ2n) is 3.97. The van der Waals surface area contributed by atoms with E-state index in [0.717, 1.165) is 12.1 Å². The maximum Gasteiger partial charge on any atom is 0.243 e.